The zero-order valence-corrected chi connectivity index (χ0v) is 13.7. The molecule has 0 saturated heterocycles. The molecular formula is C17H18F3N3O. The minimum Gasteiger partial charge on any atom is -0.495 e. The Bertz CT molecular complexity index is 759. The third-order valence-corrected chi connectivity index (χ3v) is 3.85. The maximum Gasteiger partial charge on any atom is 0.391 e. The number of nitriles is 1. The molecule has 7 heteroatoms. The van der Waals surface area contributed by atoms with Crippen molar-refractivity contribution in [3.05, 3.63) is 41.5 Å². The molecule has 1 aromatic carbocycles. The normalized spacial score (nSPS) is 12.7. The first kappa shape index (κ1) is 17.9. The van der Waals surface area contributed by atoms with Crippen molar-refractivity contribution in [2.24, 2.45) is 5.92 Å². The fraction of sp³-hybridized carbons (Fsp3) is 0.412. The maximum absolute atomic E-state index is 12.7. The first-order valence-electron chi connectivity index (χ1n) is 7.52. The van der Waals surface area contributed by atoms with Crippen LogP contribution in [-0.4, -0.2) is 22.8 Å². The van der Waals surface area contributed by atoms with E-state index in [0.717, 1.165) is 6.92 Å². The van der Waals surface area contributed by atoms with Gasteiger partial charge in [-0.05, 0) is 24.1 Å². The summed E-state index contributed by atoms with van der Waals surface area (Å²) in [4.78, 5) is 4.20. The lowest BCUT2D eigenvalue weighted by Gasteiger charge is -2.18. The molecule has 128 valence electrons. The van der Waals surface area contributed by atoms with Gasteiger partial charge in [-0.25, -0.2) is 4.98 Å². The number of methoxy groups -OCH3 is 1. The maximum atomic E-state index is 12.7. The van der Waals surface area contributed by atoms with Crippen LogP contribution in [0.25, 0.3) is 5.69 Å². The van der Waals surface area contributed by atoms with Gasteiger partial charge in [-0.15, -0.1) is 0 Å². The van der Waals surface area contributed by atoms with E-state index in [0.29, 0.717) is 34.9 Å². The highest BCUT2D eigenvalue weighted by Gasteiger charge is 2.35. The van der Waals surface area contributed by atoms with E-state index in [9.17, 15) is 18.4 Å². The summed E-state index contributed by atoms with van der Waals surface area (Å²) >= 11 is 0. The summed E-state index contributed by atoms with van der Waals surface area (Å²) in [6.07, 6.45) is -2.29. The molecule has 1 atom stereocenters. The van der Waals surface area contributed by atoms with Crippen LogP contribution in [0.4, 0.5) is 13.2 Å². The molecule has 0 bridgehead atoms. The van der Waals surface area contributed by atoms with Crippen molar-refractivity contribution in [3.8, 4) is 17.5 Å². The van der Waals surface area contributed by atoms with E-state index in [-0.39, 0.29) is 6.42 Å². The average molecular weight is 337 g/mol. The number of hydrogen-bond donors (Lipinski definition) is 0. The molecule has 1 heterocycles. The molecule has 4 nitrogen and oxygen atoms in total. The van der Waals surface area contributed by atoms with Crippen LogP contribution in [0.3, 0.4) is 0 Å². The molecule has 2 rings (SSSR count). The topological polar surface area (TPSA) is 50.8 Å². The summed E-state index contributed by atoms with van der Waals surface area (Å²) in [5.74, 6) is -0.352. The lowest BCUT2D eigenvalue weighted by atomic mass is 10.00. The molecule has 0 amide bonds. The fourth-order valence-corrected chi connectivity index (χ4v) is 2.49. The van der Waals surface area contributed by atoms with E-state index >= 15 is 0 Å². The van der Waals surface area contributed by atoms with Crippen molar-refractivity contribution in [2.45, 2.75) is 32.9 Å². The van der Waals surface area contributed by atoms with Crippen LogP contribution in [0.1, 0.15) is 30.9 Å². The Morgan fingerprint density at radius 1 is 1.38 bits per heavy atom. The Morgan fingerprint density at radius 2 is 2.08 bits per heavy atom. The van der Waals surface area contributed by atoms with Gasteiger partial charge in [-0.1, -0.05) is 19.9 Å². The van der Waals surface area contributed by atoms with Crippen molar-refractivity contribution in [3.63, 3.8) is 0 Å². The van der Waals surface area contributed by atoms with Gasteiger partial charge < -0.3 is 4.74 Å². The van der Waals surface area contributed by atoms with E-state index in [1.807, 2.05) is 6.92 Å². The smallest absolute Gasteiger partial charge is 0.391 e. The Hall–Kier alpha value is -2.49. The lowest BCUT2D eigenvalue weighted by Crippen LogP contribution is -2.21. The predicted octanol–water partition coefficient (Wildman–Crippen LogP) is 4.06. The number of aryl methyl sites for hydroxylation is 1. The molecule has 0 aliphatic heterocycles. The lowest BCUT2D eigenvalue weighted by molar-refractivity contribution is -0.169. The third kappa shape index (κ3) is 3.53. The van der Waals surface area contributed by atoms with Gasteiger partial charge in [0.05, 0.1) is 24.9 Å². The third-order valence-electron chi connectivity index (χ3n) is 3.85. The van der Waals surface area contributed by atoms with Crippen LogP contribution in [-0.2, 0) is 12.8 Å². The molecule has 24 heavy (non-hydrogen) atoms. The van der Waals surface area contributed by atoms with Gasteiger partial charge in [0, 0.05) is 6.42 Å². The van der Waals surface area contributed by atoms with E-state index in [2.05, 4.69) is 11.1 Å². The van der Waals surface area contributed by atoms with Crippen molar-refractivity contribution in [2.75, 3.05) is 7.11 Å². The molecule has 1 aromatic heterocycles. The van der Waals surface area contributed by atoms with Gasteiger partial charge in [0.2, 0.25) is 0 Å². The number of ether oxygens (including phenoxy) is 1. The second-order valence-corrected chi connectivity index (χ2v) is 5.51. The average Bonchev–Trinajstić information content (AvgIpc) is 2.96. The van der Waals surface area contributed by atoms with Crippen molar-refractivity contribution < 1.29 is 17.9 Å². The van der Waals surface area contributed by atoms with Crippen LogP contribution in [0, 0.1) is 17.2 Å². The predicted molar refractivity (Wildman–Crippen MR) is 83.1 cm³/mol. The van der Waals surface area contributed by atoms with E-state index in [4.69, 9.17) is 4.74 Å². The Morgan fingerprint density at radius 3 is 2.62 bits per heavy atom. The van der Waals surface area contributed by atoms with Crippen molar-refractivity contribution >= 4 is 0 Å². The van der Waals surface area contributed by atoms with Gasteiger partial charge in [0.25, 0.3) is 0 Å². The highest BCUT2D eigenvalue weighted by molar-refractivity contribution is 5.52. The van der Waals surface area contributed by atoms with Gasteiger partial charge in [0.15, 0.2) is 0 Å². The molecular weight excluding hydrogens is 319 g/mol. The minimum atomic E-state index is -4.24. The van der Waals surface area contributed by atoms with E-state index in [1.54, 1.807) is 22.8 Å². The highest BCUT2D eigenvalue weighted by atomic mass is 19.4. The second kappa shape index (κ2) is 6.95. The van der Waals surface area contributed by atoms with Crippen LogP contribution in [0.15, 0.2) is 24.4 Å². The zero-order chi connectivity index (χ0) is 17.9. The van der Waals surface area contributed by atoms with Gasteiger partial charge in [-0.3, -0.25) is 4.57 Å². The molecule has 0 saturated carbocycles. The largest absolute Gasteiger partial charge is 0.495 e. The summed E-state index contributed by atoms with van der Waals surface area (Å²) in [5.41, 5.74) is 1.46. The molecule has 0 radical (unpaired) electrons. The van der Waals surface area contributed by atoms with E-state index < -0.39 is 12.1 Å². The van der Waals surface area contributed by atoms with Gasteiger partial charge in [-0.2, -0.15) is 18.4 Å². The number of imidazole rings is 1. The number of nitrogens with zero attached hydrogens (tertiary/aromatic N) is 3. The Kier molecular flexibility index (Phi) is 5.17. The minimum absolute atomic E-state index is 0.129. The quantitative estimate of drug-likeness (QED) is 0.827. The molecule has 1 unspecified atom stereocenters. The summed E-state index contributed by atoms with van der Waals surface area (Å²) in [6.45, 7) is 3.06. The number of halogens is 3. The van der Waals surface area contributed by atoms with Crippen LogP contribution >= 0.6 is 0 Å². The van der Waals surface area contributed by atoms with Crippen LogP contribution in [0.2, 0.25) is 0 Å². The first-order chi connectivity index (χ1) is 11.3. The molecule has 0 fully saturated rings. The molecule has 2 aromatic rings. The SMILES string of the molecule is CCc1ncc(C#N)n1-c1ccc(CC(C)C(F)(F)F)cc1OC. The number of aromatic nitrogens is 2. The fourth-order valence-electron chi connectivity index (χ4n) is 2.49. The van der Waals surface area contributed by atoms with Crippen LogP contribution in [0.5, 0.6) is 5.75 Å². The van der Waals surface area contributed by atoms with E-state index in [1.165, 1.54) is 13.3 Å². The number of benzene rings is 1. The summed E-state index contributed by atoms with van der Waals surface area (Å²) in [7, 11) is 1.45. The van der Waals surface area contributed by atoms with Gasteiger partial charge in [0.1, 0.15) is 23.3 Å². The number of hydrogen-bond acceptors (Lipinski definition) is 3. The number of alkyl halides is 3. The second-order valence-electron chi connectivity index (χ2n) is 5.51. The highest BCUT2D eigenvalue weighted by Crippen LogP contribution is 2.32. The first-order valence-corrected chi connectivity index (χ1v) is 7.52. The molecule has 0 aliphatic rings. The van der Waals surface area contributed by atoms with Crippen molar-refractivity contribution in [1.82, 2.24) is 9.55 Å². The Balaban J connectivity index is 2.45. The standard InChI is InChI=1S/C17H18F3N3O/c1-4-16-22-10-13(9-21)23(16)14-6-5-12(8-15(14)24-3)7-11(2)17(18,19)20/h5-6,8,10-11H,4,7H2,1-3H3. The molecule has 0 spiro atoms. The monoisotopic (exact) mass is 337 g/mol. The zero-order valence-electron chi connectivity index (χ0n) is 13.7. The Labute approximate surface area is 138 Å². The number of rotatable bonds is 5. The summed E-state index contributed by atoms with van der Waals surface area (Å²) in [5, 5.41) is 9.24. The molecule has 0 N–H and O–H groups in total. The van der Waals surface area contributed by atoms with Gasteiger partial charge >= 0.3 is 6.18 Å². The molecule has 0 aliphatic carbocycles. The summed E-state index contributed by atoms with van der Waals surface area (Å²) in [6, 6.07) is 6.94. The summed E-state index contributed by atoms with van der Waals surface area (Å²) < 4.78 is 45.2. The van der Waals surface area contributed by atoms with Crippen LogP contribution < -0.4 is 4.74 Å². The van der Waals surface area contributed by atoms with Crippen molar-refractivity contribution in [1.29, 1.82) is 5.26 Å².